The maximum atomic E-state index is 10.3. The minimum absolute atomic E-state index is 0.470. The standard InChI is InChI=1S/C10H8N2OS/c13-7-4-8-2-3-9(14-8)10-11-5-1-6-12-10/h1-3,5-7H,4H2. The first-order chi connectivity index (χ1) is 6.90. The molecule has 0 atom stereocenters. The first-order valence-corrected chi connectivity index (χ1v) is 5.01. The van der Waals surface area contributed by atoms with Gasteiger partial charge in [0.15, 0.2) is 5.82 Å². The van der Waals surface area contributed by atoms with Gasteiger partial charge < -0.3 is 4.79 Å². The van der Waals surface area contributed by atoms with Crippen molar-refractivity contribution >= 4 is 17.6 Å². The summed E-state index contributed by atoms with van der Waals surface area (Å²) >= 11 is 1.55. The Labute approximate surface area is 85.5 Å². The molecule has 0 bridgehead atoms. The van der Waals surface area contributed by atoms with Crippen molar-refractivity contribution < 1.29 is 4.79 Å². The molecular weight excluding hydrogens is 196 g/mol. The fourth-order valence-electron chi connectivity index (χ4n) is 1.12. The second-order valence-corrected chi connectivity index (χ2v) is 3.88. The van der Waals surface area contributed by atoms with Crippen molar-refractivity contribution in [2.24, 2.45) is 0 Å². The predicted octanol–water partition coefficient (Wildman–Crippen LogP) is 1.95. The minimum Gasteiger partial charge on any atom is -0.303 e. The molecule has 0 aromatic carbocycles. The molecule has 14 heavy (non-hydrogen) atoms. The number of carbonyl (C=O) groups excluding carboxylic acids is 1. The topological polar surface area (TPSA) is 42.9 Å². The third kappa shape index (κ3) is 1.85. The highest BCUT2D eigenvalue weighted by atomic mass is 32.1. The molecule has 0 aliphatic rings. The van der Waals surface area contributed by atoms with Crippen LogP contribution in [0.25, 0.3) is 10.7 Å². The number of carbonyl (C=O) groups is 1. The molecule has 2 rings (SSSR count). The maximum Gasteiger partial charge on any atom is 0.169 e. The molecule has 0 spiro atoms. The average molecular weight is 204 g/mol. The lowest BCUT2D eigenvalue weighted by Gasteiger charge is -1.91. The van der Waals surface area contributed by atoms with Crippen molar-refractivity contribution in [2.45, 2.75) is 6.42 Å². The molecule has 2 heterocycles. The van der Waals surface area contributed by atoms with Crippen LogP contribution in [0.4, 0.5) is 0 Å². The quantitative estimate of drug-likeness (QED) is 0.718. The van der Waals surface area contributed by atoms with Gasteiger partial charge in [0.2, 0.25) is 0 Å². The van der Waals surface area contributed by atoms with E-state index in [2.05, 4.69) is 9.97 Å². The van der Waals surface area contributed by atoms with Crippen LogP contribution in [0.15, 0.2) is 30.6 Å². The number of thiophene rings is 1. The monoisotopic (exact) mass is 204 g/mol. The van der Waals surface area contributed by atoms with Crippen LogP contribution < -0.4 is 0 Å². The van der Waals surface area contributed by atoms with E-state index in [0.29, 0.717) is 6.42 Å². The zero-order chi connectivity index (χ0) is 9.80. The van der Waals surface area contributed by atoms with Gasteiger partial charge in [-0.05, 0) is 18.2 Å². The van der Waals surface area contributed by atoms with E-state index < -0.39 is 0 Å². The van der Waals surface area contributed by atoms with Gasteiger partial charge in [0.1, 0.15) is 6.29 Å². The van der Waals surface area contributed by atoms with Crippen molar-refractivity contribution in [2.75, 3.05) is 0 Å². The van der Waals surface area contributed by atoms with Crippen molar-refractivity contribution in [3.05, 3.63) is 35.5 Å². The van der Waals surface area contributed by atoms with Crippen molar-refractivity contribution in [1.29, 1.82) is 0 Å². The molecule has 0 unspecified atom stereocenters. The zero-order valence-corrected chi connectivity index (χ0v) is 8.20. The predicted molar refractivity (Wildman–Crippen MR) is 55.1 cm³/mol. The number of hydrogen-bond acceptors (Lipinski definition) is 4. The molecule has 0 fully saturated rings. The molecule has 2 aromatic heterocycles. The summed E-state index contributed by atoms with van der Waals surface area (Å²) in [6, 6.07) is 5.66. The van der Waals surface area contributed by atoms with Gasteiger partial charge in [-0.1, -0.05) is 0 Å². The molecule has 0 saturated heterocycles. The van der Waals surface area contributed by atoms with Gasteiger partial charge in [-0.3, -0.25) is 0 Å². The summed E-state index contributed by atoms with van der Waals surface area (Å²) in [6.45, 7) is 0. The second-order valence-electron chi connectivity index (χ2n) is 2.71. The van der Waals surface area contributed by atoms with Gasteiger partial charge in [0.25, 0.3) is 0 Å². The molecule has 2 aromatic rings. The molecule has 70 valence electrons. The van der Waals surface area contributed by atoms with E-state index in [1.165, 1.54) is 0 Å². The van der Waals surface area contributed by atoms with Gasteiger partial charge in [0.05, 0.1) is 4.88 Å². The average Bonchev–Trinajstić information content (AvgIpc) is 2.68. The third-order valence-electron chi connectivity index (χ3n) is 1.73. The van der Waals surface area contributed by atoms with E-state index in [1.54, 1.807) is 29.8 Å². The molecular formula is C10H8N2OS. The van der Waals surface area contributed by atoms with E-state index in [1.807, 2.05) is 12.1 Å². The van der Waals surface area contributed by atoms with Crippen molar-refractivity contribution in [3.63, 3.8) is 0 Å². The van der Waals surface area contributed by atoms with E-state index in [4.69, 9.17) is 0 Å². The number of aldehydes is 1. The Balaban J connectivity index is 2.29. The van der Waals surface area contributed by atoms with E-state index in [-0.39, 0.29) is 0 Å². The van der Waals surface area contributed by atoms with Crippen LogP contribution in [-0.2, 0) is 11.2 Å². The Morgan fingerprint density at radius 2 is 2.07 bits per heavy atom. The van der Waals surface area contributed by atoms with Crippen LogP contribution in [0, 0.1) is 0 Å². The third-order valence-corrected chi connectivity index (χ3v) is 2.84. The summed E-state index contributed by atoms with van der Waals surface area (Å²) in [7, 11) is 0. The Bertz CT molecular complexity index is 425. The lowest BCUT2D eigenvalue weighted by Crippen LogP contribution is -1.82. The zero-order valence-electron chi connectivity index (χ0n) is 7.38. The second kappa shape index (κ2) is 4.11. The molecule has 0 saturated carbocycles. The number of nitrogens with zero attached hydrogens (tertiary/aromatic N) is 2. The molecule has 0 radical (unpaired) electrons. The lowest BCUT2D eigenvalue weighted by atomic mass is 10.3. The van der Waals surface area contributed by atoms with Crippen LogP contribution in [-0.4, -0.2) is 16.3 Å². The van der Waals surface area contributed by atoms with Crippen LogP contribution in [0.1, 0.15) is 4.88 Å². The largest absolute Gasteiger partial charge is 0.303 e. The highest BCUT2D eigenvalue weighted by Gasteiger charge is 2.03. The summed E-state index contributed by atoms with van der Waals surface area (Å²) in [4.78, 5) is 20.6. The summed E-state index contributed by atoms with van der Waals surface area (Å²) in [6.07, 6.45) is 4.79. The normalized spacial score (nSPS) is 10.0. The van der Waals surface area contributed by atoms with Crippen LogP contribution in [0.2, 0.25) is 0 Å². The summed E-state index contributed by atoms with van der Waals surface area (Å²) in [5, 5.41) is 0. The lowest BCUT2D eigenvalue weighted by molar-refractivity contribution is -0.107. The summed E-state index contributed by atoms with van der Waals surface area (Å²) in [5.74, 6) is 0.717. The van der Waals surface area contributed by atoms with Gasteiger partial charge in [-0.25, -0.2) is 9.97 Å². The van der Waals surface area contributed by atoms with Gasteiger partial charge in [-0.2, -0.15) is 0 Å². The van der Waals surface area contributed by atoms with Gasteiger partial charge in [0, 0.05) is 23.7 Å². The molecule has 0 aliphatic heterocycles. The summed E-state index contributed by atoms with van der Waals surface area (Å²) < 4.78 is 0. The Hall–Kier alpha value is -1.55. The molecule has 0 N–H and O–H groups in total. The summed E-state index contributed by atoms with van der Waals surface area (Å²) in [5.41, 5.74) is 0. The van der Waals surface area contributed by atoms with Gasteiger partial charge in [-0.15, -0.1) is 11.3 Å². The van der Waals surface area contributed by atoms with Crippen molar-refractivity contribution in [1.82, 2.24) is 9.97 Å². The maximum absolute atomic E-state index is 10.3. The molecule has 0 aliphatic carbocycles. The van der Waals surface area contributed by atoms with E-state index >= 15 is 0 Å². The Kier molecular flexibility index (Phi) is 2.65. The van der Waals surface area contributed by atoms with E-state index in [9.17, 15) is 4.79 Å². The Morgan fingerprint density at radius 3 is 2.79 bits per heavy atom. The van der Waals surface area contributed by atoms with Crippen LogP contribution >= 0.6 is 11.3 Å². The van der Waals surface area contributed by atoms with E-state index in [0.717, 1.165) is 21.9 Å². The Morgan fingerprint density at radius 1 is 1.29 bits per heavy atom. The fourth-order valence-corrected chi connectivity index (χ4v) is 2.02. The molecule has 0 amide bonds. The van der Waals surface area contributed by atoms with Crippen LogP contribution in [0.3, 0.4) is 0 Å². The molecule has 3 nitrogen and oxygen atoms in total. The SMILES string of the molecule is O=CCc1ccc(-c2ncccn2)s1. The van der Waals surface area contributed by atoms with Gasteiger partial charge >= 0.3 is 0 Å². The molecule has 4 heteroatoms. The minimum atomic E-state index is 0.470. The first kappa shape index (κ1) is 9.02. The number of hydrogen-bond donors (Lipinski definition) is 0. The number of aromatic nitrogens is 2. The fraction of sp³-hybridized carbons (Fsp3) is 0.100. The smallest absolute Gasteiger partial charge is 0.169 e. The highest BCUT2D eigenvalue weighted by molar-refractivity contribution is 7.15. The number of rotatable bonds is 3. The van der Waals surface area contributed by atoms with Crippen molar-refractivity contribution in [3.8, 4) is 10.7 Å². The first-order valence-electron chi connectivity index (χ1n) is 4.20. The highest BCUT2D eigenvalue weighted by Crippen LogP contribution is 2.24. The van der Waals surface area contributed by atoms with Crippen LogP contribution in [0.5, 0.6) is 0 Å².